The van der Waals surface area contributed by atoms with E-state index in [1.807, 2.05) is 42.2 Å². The Labute approximate surface area is 202 Å². The summed E-state index contributed by atoms with van der Waals surface area (Å²) in [7, 11) is -3.65. The van der Waals surface area contributed by atoms with Gasteiger partial charge in [-0.2, -0.15) is 4.31 Å². The van der Waals surface area contributed by atoms with Crippen LogP contribution in [0.1, 0.15) is 44.2 Å². The minimum absolute atomic E-state index is 0.0308. The van der Waals surface area contributed by atoms with Crippen LogP contribution in [0.4, 0.5) is 5.69 Å². The molecule has 2 aliphatic heterocycles. The lowest BCUT2D eigenvalue weighted by Gasteiger charge is -2.34. The minimum atomic E-state index is -3.65. The highest BCUT2D eigenvalue weighted by molar-refractivity contribution is 7.89. The third kappa shape index (κ3) is 5.03. The Balaban J connectivity index is 1.42. The molecular weight excluding hydrogens is 450 g/mol. The zero-order valence-electron chi connectivity index (χ0n) is 19.9. The second-order valence-electron chi connectivity index (χ2n) is 9.08. The van der Waals surface area contributed by atoms with Crippen molar-refractivity contribution in [1.29, 1.82) is 0 Å². The Morgan fingerprint density at radius 2 is 1.74 bits per heavy atom. The first-order chi connectivity index (χ1) is 16.3. The summed E-state index contributed by atoms with van der Waals surface area (Å²) in [6.07, 6.45) is 2.62. The molecule has 2 amide bonds. The molecule has 0 N–H and O–H groups in total. The van der Waals surface area contributed by atoms with Crippen molar-refractivity contribution in [1.82, 2.24) is 9.21 Å². The molecule has 2 aliphatic rings. The Hall–Kier alpha value is -2.71. The van der Waals surface area contributed by atoms with Crippen LogP contribution in [0.3, 0.4) is 0 Å². The molecule has 0 atom stereocenters. The normalized spacial score (nSPS) is 17.3. The maximum absolute atomic E-state index is 13.3. The van der Waals surface area contributed by atoms with Gasteiger partial charge in [-0.25, -0.2) is 8.42 Å². The maximum Gasteiger partial charge on any atom is 0.243 e. The summed E-state index contributed by atoms with van der Waals surface area (Å²) in [6, 6.07) is 15.0. The predicted molar refractivity (Wildman–Crippen MR) is 132 cm³/mol. The Morgan fingerprint density at radius 1 is 1.03 bits per heavy atom. The van der Waals surface area contributed by atoms with Gasteiger partial charge in [0.25, 0.3) is 0 Å². The van der Waals surface area contributed by atoms with Crippen LogP contribution in [0, 0.1) is 5.92 Å². The summed E-state index contributed by atoms with van der Waals surface area (Å²) in [5.41, 5.74) is 2.79. The molecule has 1 fully saturated rings. The molecule has 182 valence electrons. The highest BCUT2D eigenvalue weighted by atomic mass is 32.2. The van der Waals surface area contributed by atoms with Crippen LogP contribution in [0.25, 0.3) is 0 Å². The average molecular weight is 484 g/mol. The van der Waals surface area contributed by atoms with Crippen molar-refractivity contribution in [3.05, 3.63) is 59.7 Å². The van der Waals surface area contributed by atoms with Gasteiger partial charge >= 0.3 is 0 Å². The molecule has 0 spiro atoms. The van der Waals surface area contributed by atoms with Crippen LogP contribution in [-0.2, 0) is 32.6 Å². The van der Waals surface area contributed by atoms with Gasteiger partial charge in [0.15, 0.2) is 0 Å². The number of piperidine rings is 1. The van der Waals surface area contributed by atoms with Crippen LogP contribution in [0.2, 0.25) is 0 Å². The van der Waals surface area contributed by atoms with Gasteiger partial charge in [0.2, 0.25) is 21.8 Å². The summed E-state index contributed by atoms with van der Waals surface area (Å²) in [5.74, 6) is -0.0963. The number of hydrogen-bond donors (Lipinski definition) is 0. The number of carbonyl (C=O) groups excluding carboxylic acids is 2. The van der Waals surface area contributed by atoms with E-state index in [1.165, 1.54) is 11.2 Å². The fraction of sp³-hybridized carbons (Fsp3) is 0.462. The number of rotatable bonds is 6. The van der Waals surface area contributed by atoms with Gasteiger partial charge in [-0.15, -0.1) is 0 Å². The molecule has 2 heterocycles. The summed E-state index contributed by atoms with van der Waals surface area (Å²) < 4.78 is 28.2. The number of amides is 2. The minimum Gasteiger partial charge on any atom is -0.338 e. The monoisotopic (exact) mass is 483 g/mol. The molecular formula is C26H33N3O4S. The van der Waals surface area contributed by atoms with Gasteiger partial charge in [-0.05, 0) is 61.9 Å². The van der Waals surface area contributed by atoms with Crippen LogP contribution in [-0.4, -0.2) is 55.6 Å². The lowest BCUT2D eigenvalue weighted by Crippen LogP contribution is -2.44. The molecule has 2 aromatic carbocycles. The average Bonchev–Trinajstić information content (AvgIpc) is 2.86. The van der Waals surface area contributed by atoms with Crippen LogP contribution in [0.15, 0.2) is 53.4 Å². The van der Waals surface area contributed by atoms with Crippen molar-refractivity contribution < 1.29 is 18.0 Å². The molecule has 4 rings (SSSR count). The SMILES string of the molecule is CCN(Cc1ccccc1)C(=O)C1CCN(S(=O)(=O)c2ccc3c(c2)CCCN3C(C)=O)CC1. The molecule has 0 aliphatic carbocycles. The van der Waals surface area contributed by atoms with E-state index in [2.05, 4.69) is 0 Å². The first-order valence-corrected chi connectivity index (χ1v) is 13.5. The molecule has 2 aromatic rings. The summed E-state index contributed by atoms with van der Waals surface area (Å²) in [6.45, 7) is 6.03. The Kier molecular flexibility index (Phi) is 7.38. The van der Waals surface area contributed by atoms with E-state index in [0.717, 1.165) is 29.7 Å². The van der Waals surface area contributed by atoms with Gasteiger partial charge in [0.1, 0.15) is 0 Å². The van der Waals surface area contributed by atoms with E-state index in [4.69, 9.17) is 0 Å². The molecule has 7 nitrogen and oxygen atoms in total. The molecule has 0 unspecified atom stereocenters. The van der Waals surface area contributed by atoms with Crippen molar-refractivity contribution in [2.45, 2.75) is 51.0 Å². The fourth-order valence-electron chi connectivity index (χ4n) is 4.96. The number of hydrogen-bond acceptors (Lipinski definition) is 4. The van der Waals surface area contributed by atoms with Crippen LogP contribution < -0.4 is 4.90 Å². The molecule has 34 heavy (non-hydrogen) atoms. The first kappa shape index (κ1) is 24.4. The fourth-order valence-corrected chi connectivity index (χ4v) is 6.48. The molecule has 0 bridgehead atoms. The number of carbonyl (C=O) groups is 2. The van der Waals surface area contributed by atoms with Gasteiger partial charge in [0, 0.05) is 51.3 Å². The largest absolute Gasteiger partial charge is 0.338 e. The molecule has 0 radical (unpaired) electrons. The van der Waals surface area contributed by atoms with E-state index in [9.17, 15) is 18.0 Å². The van der Waals surface area contributed by atoms with Crippen molar-refractivity contribution in [2.24, 2.45) is 5.92 Å². The van der Waals surface area contributed by atoms with E-state index in [0.29, 0.717) is 45.6 Å². The second kappa shape index (κ2) is 10.3. The zero-order valence-corrected chi connectivity index (χ0v) is 20.8. The number of benzene rings is 2. The number of aryl methyl sites for hydroxylation is 1. The summed E-state index contributed by atoms with van der Waals surface area (Å²) >= 11 is 0. The Bertz CT molecular complexity index is 1140. The number of fused-ring (bicyclic) bond motifs is 1. The molecule has 0 aromatic heterocycles. The molecule has 0 saturated carbocycles. The van der Waals surface area contributed by atoms with Gasteiger partial charge in [0.05, 0.1) is 4.90 Å². The van der Waals surface area contributed by atoms with Crippen molar-refractivity contribution in [2.75, 3.05) is 31.1 Å². The lowest BCUT2D eigenvalue weighted by atomic mass is 9.96. The van der Waals surface area contributed by atoms with E-state index in [1.54, 1.807) is 23.1 Å². The maximum atomic E-state index is 13.3. The van der Waals surface area contributed by atoms with E-state index >= 15 is 0 Å². The topological polar surface area (TPSA) is 78.0 Å². The highest BCUT2D eigenvalue weighted by Gasteiger charge is 2.34. The van der Waals surface area contributed by atoms with Crippen LogP contribution in [0.5, 0.6) is 0 Å². The number of anilines is 1. The van der Waals surface area contributed by atoms with E-state index in [-0.39, 0.29) is 22.6 Å². The standard InChI is InChI=1S/C26H33N3O4S/c1-3-27(19-21-8-5-4-6-9-21)26(31)22-13-16-28(17-14-22)34(32,33)24-11-12-25-23(18-24)10-7-15-29(25)20(2)30/h4-6,8-9,11-12,18,22H,3,7,10,13-17,19H2,1-2H3. The van der Waals surface area contributed by atoms with Crippen LogP contribution >= 0.6 is 0 Å². The Morgan fingerprint density at radius 3 is 2.38 bits per heavy atom. The predicted octanol–water partition coefficient (Wildman–Crippen LogP) is 3.44. The lowest BCUT2D eigenvalue weighted by molar-refractivity contribution is -0.137. The number of sulfonamides is 1. The van der Waals surface area contributed by atoms with Crippen molar-refractivity contribution >= 4 is 27.5 Å². The van der Waals surface area contributed by atoms with Crippen molar-refractivity contribution in [3.8, 4) is 0 Å². The van der Waals surface area contributed by atoms with Crippen molar-refractivity contribution in [3.63, 3.8) is 0 Å². The quantitative estimate of drug-likeness (QED) is 0.631. The third-order valence-electron chi connectivity index (χ3n) is 6.90. The molecule has 1 saturated heterocycles. The highest BCUT2D eigenvalue weighted by Crippen LogP contribution is 2.32. The van der Waals surface area contributed by atoms with Gasteiger partial charge in [-0.1, -0.05) is 30.3 Å². The zero-order chi connectivity index (χ0) is 24.3. The number of nitrogens with zero attached hydrogens (tertiary/aromatic N) is 3. The smallest absolute Gasteiger partial charge is 0.243 e. The van der Waals surface area contributed by atoms with Gasteiger partial charge in [-0.3, -0.25) is 9.59 Å². The summed E-state index contributed by atoms with van der Waals surface area (Å²) in [4.78, 5) is 28.9. The second-order valence-corrected chi connectivity index (χ2v) is 11.0. The summed E-state index contributed by atoms with van der Waals surface area (Å²) in [5, 5.41) is 0. The van der Waals surface area contributed by atoms with Gasteiger partial charge < -0.3 is 9.80 Å². The first-order valence-electron chi connectivity index (χ1n) is 12.0. The molecule has 8 heteroatoms. The van der Waals surface area contributed by atoms with E-state index < -0.39 is 10.0 Å². The third-order valence-corrected chi connectivity index (χ3v) is 8.79.